The Balaban J connectivity index is 1.19. The number of halogens is 4. The molecule has 0 saturated heterocycles. The van der Waals surface area contributed by atoms with Gasteiger partial charge < -0.3 is 5.11 Å². The van der Waals surface area contributed by atoms with Crippen molar-refractivity contribution in [2.45, 2.75) is 121 Å². The van der Waals surface area contributed by atoms with E-state index < -0.39 is 24.7 Å². The zero-order valence-corrected chi connectivity index (χ0v) is 19.6. The lowest BCUT2D eigenvalue weighted by molar-refractivity contribution is -0.0292. The lowest BCUT2D eigenvalue weighted by atomic mass is 9.62. The monoisotopic (exact) mass is 460 g/mol. The van der Waals surface area contributed by atoms with Gasteiger partial charge in [0.05, 0.1) is 0 Å². The number of rotatable bonds is 6. The van der Waals surface area contributed by atoms with Crippen LogP contribution in [0.2, 0.25) is 0 Å². The van der Waals surface area contributed by atoms with Gasteiger partial charge in [0.25, 0.3) is 0 Å². The van der Waals surface area contributed by atoms with Gasteiger partial charge in [-0.05, 0) is 125 Å². The Morgan fingerprint density at radius 2 is 1.00 bits per heavy atom. The zero-order valence-electron chi connectivity index (χ0n) is 19.6. The van der Waals surface area contributed by atoms with Crippen LogP contribution in [-0.2, 0) is 0 Å². The molecule has 0 aromatic rings. The molecule has 4 aliphatic carbocycles. The Labute approximate surface area is 192 Å². The fourth-order valence-corrected chi connectivity index (χ4v) is 8.06. The van der Waals surface area contributed by atoms with Crippen molar-refractivity contribution >= 4 is 0 Å². The largest absolute Gasteiger partial charge is 0.396 e. The van der Waals surface area contributed by atoms with Gasteiger partial charge in [0.2, 0.25) is 0 Å². The fraction of sp³-hybridized carbons (Fsp3) is 1.00. The average molecular weight is 461 g/mol. The van der Waals surface area contributed by atoms with Gasteiger partial charge in [0, 0.05) is 6.61 Å². The molecule has 0 spiro atoms. The van der Waals surface area contributed by atoms with Gasteiger partial charge in [-0.2, -0.15) is 0 Å². The third-order valence-corrected chi connectivity index (χ3v) is 10.0. The molecule has 1 N–H and O–H groups in total. The summed E-state index contributed by atoms with van der Waals surface area (Å²) in [6.07, 6.45) is 8.09. The molecule has 4 saturated carbocycles. The highest BCUT2D eigenvalue weighted by Crippen LogP contribution is 2.49. The van der Waals surface area contributed by atoms with E-state index in [0.717, 1.165) is 30.6 Å². The number of aliphatic hydroxyl groups excluding tert-OH is 1. The molecule has 0 heterocycles. The standard InChI is InChI=1S/C27H44F4O/c28-24-14-21(11-12-23(24)22-15-25(29)27(31)26(30)16-22)20-9-7-19(8-10-20)18-5-3-17(4-6-18)2-1-13-32/h17-27,32H,1-16H2. The summed E-state index contributed by atoms with van der Waals surface area (Å²) in [7, 11) is 0. The van der Waals surface area contributed by atoms with Crippen LogP contribution in [0, 0.1) is 41.4 Å². The van der Waals surface area contributed by atoms with E-state index in [4.69, 9.17) is 5.11 Å². The summed E-state index contributed by atoms with van der Waals surface area (Å²) in [5.74, 6) is 2.90. The van der Waals surface area contributed by atoms with Crippen molar-refractivity contribution in [1.82, 2.24) is 0 Å². The molecule has 0 aliphatic heterocycles. The van der Waals surface area contributed by atoms with E-state index in [9.17, 15) is 13.2 Å². The predicted octanol–water partition coefficient (Wildman–Crippen LogP) is 7.55. The van der Waals surface area contributed by atoms with Crippen LogP contribution in [0.4, 0.5) is 17.6 Å². The van der Waals surface area contributed by atoms with Crippen LogP contribution in [-0.4, -0.2) is 36.4 Å². The third kappa shape index (κ3) is 5.84. The summed E-state index contributed by atoms with van der Waals surface area (Å²) in [4.78, 5) is 0. The topological polar surface area (TPSA) is 20.2 Å². The lowest BCUT2D eigenvalue weighted by Gasteiger charge is -2.44. The molecule has 0 bridgehead atoms. The van der Waals surface area contributed by atoms with Gasteiger partial charge in [-0.1, -0.05) is 12.8 Å². The normalized spacial score (nSPS) is 48.5. The Bertz CT molecular complexity index is 546. The molecule has 1 nitrogen and oxygen atoms in total. The second-order valence-electron chi connectivity index (χ2n) is 11.8. The molecule has 5 atom stereocenters. The summed E-state index contributed by atoms with van der Waals surface area (Å²) in [5.41, 5.74) is 0. The van der Waals surface area contributed by atoms with Crippen LogP contribution < -0.4 is 0 Å². The Morgan fingerprint density at radius 3 is 1.53 bits per heavy atom. The number of aliphatic hydroxyl groups is 1. The molecule has 4 rings (SSSR count). The molecule has 4 fully saturated rings. The van der Waals surface area contributed by atoms with Crippen LogP contribution in [0.3, 0.4) is 0 Å². The molecular formula is C27H44F4O. The first-order valence-electron chi connectivity index (χ1n) is 13.6. The van der Waals surface area contributed by atoms with E-state index in [1.165, 1.54) is 57.8 Å². The maximum Gasteiger partial charge on any atom is 0.162 e. The summed E-state index contributed by atoms with van der Waals surface area (Å²) >= 11 is 0. The van der Waals surface area contributed by atoms with Gasteiger partial charge in [-0.25, -0.2) is 17.6 Å². The van der Waals surface area contributed by atoms with E-state index in [-0.39, 0.29) is 24.7 Å². The SMILES string of the molecule is OCCCC1CCC(C2CCC(C3CCC(C4CC(F)C(F)C(F)C4)C(F)C3)CC2)CC1. The van der Waals surface area contributed by atoms with Crippen LogP contribution in [0.5, 0.6) is 0 Å². The minimum atomic E-state index is -2.02. The first kappa shape index (κ1) is 24.8. The molecule has 5 unspecified atom stereocenters. The maximum atomic E-state index is 15.1. The minimum Gasteiger partial charge on any atom is -0.396 e. The van der Waals surface area contributed by atoms with Gasteiger partial charge in [-0.3, -0.25) is 0 Å². The molecule has 186 valence electrons. The van der Waals surface area contributed by atoms with E-state index in [0.29, 0.717) is 31.3 Å². The Kier molecular flexibility index (Phi) is 8.84. The zero-order chi connectivity index (χ0) is 22.7. The summed E-state index contributed by atoms with van der Waals surface area (Å²) < 4.78 is 56.3. The fourth-order valence-electron chi connectivity index (χ4n) is 8.06. The van der Waals surface area contributed by atoms with Crippen molar-refractivity contribution in [3.63, 3.8) is 0 Å². The van der Waals surface area contributed by atoms with E-state index in [1.54, 1.807) is 0 Å². The first-order chi connectivity index (χ1) is 15.5. The van der Waals surface area contributed by atoms with Crippen molar-refractivity contribution in [1.29, 1.82) is 0 Å². The summed E-state index contributed by atoms with van der Waals surface area (Å²) in [6, 6.07) is 0. The predicted molar refractivity (Wildman–Crippen MR) is 120 cm³/mol. The number of hydrogen-bond acceptors (Lipinski definition) is 1. The molecular weight excluding hydrogens is 416 g/mol. The molecule has 0 aromatic heterocycles. The minimum absolute atomic E-state index is 0.00923. The van der Waals surface area contributed by atoms with Crippen LogP contribution in [0.1, 0.15) is 96.3 Å². The van der Waals surface area contributed by atoms with Crippen LogP contribution >= 0.6 is 0 Å². The quantitative estimate of drug-likeness (QED) is 0.406. The van der Waals surface area contributed by atoms with Gasteiger partial charge in [-0.15, -0.1) is 0 Å². The van der Waals surface area contributed by atoms with Crippen molar-refractivity contribution in [3.05, 3.63) is 0 Å². The highest BCUT2D eigenvalue weighted by molar-refractivity contribution is 4.95. The van der Waals surface area contributed by atoms with Crippen molar-refractivity contribution in [2.24, 2.45) is 41.4 Å². The van der Waals surface area contributed by atoms with Crippen molar-refractivity contribution < 1.29 is 22.7 Å². The van der Waals surface area contributed by atoms with Crippen molar-refractivity contribution in [3.8, 4) is 0 Å². The van der Waals surface area contributed by atoms with E-state index >= 15 is 4.39 Å². The highest BCUT2D eigenvalue weighted by Gasteiger charge is 2.46. The Hall–Kier alpha value is -0.320. The molecule has 32 heavy (non-hydrogen) atoms. The maximum absolute atomic E-state index is 15.1. The number of alkyl halides is 4. The molecule has 4 aliphatic rings. The Morgan fingerprint density at radius 1 is 0.531 bits per heavy atom. The third-order valence-electron chi connectivity index (χ3n) is 10.0. The molecule has 0 radical (unpaired) electrons. The van der Waals surface area contributed by atoms with Gasteiger partial charge in [0.1, 0.15) is 18.5 Å². The summed E-state index contributed by atoms with van der Waals surface area (Å²) in [6.45, 7) is 0.317. The lowest BCUT2D eigenvalue weighted by Crippen LogP contribution is -2.43. The average Bonchev–Trinajstić information content (AvgIpc) is 2.81. The van der Waals surface area contributed by atoms with Crippen molar-refractivity contribution in [2.75, 3.05) is 6.61 Å². The molecule has 5 heteroatoms. The summed E-state index contributed by atoms with van der Waals surface area (Å²) in [5, 5.41) is 9.05. The number of hydrogen-bond donors (Lipinski definition) is 1. The van der Waals surface area contributed by atoms with Crippen LogP contribution in [0.15, 0.2) is 0 Å². The van der Waals surface area contributed by atoms with Gasteiger partial charge in [0.15, 0.2) is 6.17 Å². The molecule has 0 aromatic carbocycles. The van der Waals surface area contributed by atoms with E-state index in [1.807, 2.05) is 0 Å². The van der Waals surface area contributed by atoms with E-state index in [2.05, 4.69) is 0 Å². The smallest absolute Gasteiger partial charge is 0.162 e. The second kappa shape index (κ2) is 11.4. The molecule has 0 amide bonds. The highest BCUT2D eigenvalue weighted by atomic mass is 19.2. The van der Waals surface area contributed by atoms with Crippen LogP contribution in [0.25, 0.3) is 0 Å². The second-order valence-corrected chi connectivity index (χ2v) is 11.8. The first-order valence-corrected chi connectivity index (χ1v) is 13.6. The van der Waals surface area contributed by atoms with Gasteiger partial charge >= 0.3 is 0 Å².